The van der Waals surface area contributed by atoms with Crippen molar-refractivity contribution in [2.24, 2.45) is 5.73 Å². The van der Waals surface area contributed by atoms with Crippen LogP contribution >= 0.6 is 0 Å². The van der Waals surface area contributed by atoms with Crippen molar-refractivity contribution in [1.82, 2.24) is 5.32 Å². The van der Waals surface area contributed by atoms with E-state index < -0.39 is 0 Å². The van der Waals surface area contributed by atoms with Crippen LogP contribution in [0.2, 0.25) is 0 Å². The third kappa shape index (κ3) is 2.98. The third-order valence-corrected chi connectivity index (χ3v) is 5.33. The van der Waals surface area contributed by atoms with Gasteiger partial charge in [-0.25, -0.2) is 0 Å². The van der Waals surface area contributed by atoms with E-state index in [1.807, 2.05) is 18.2 Å². The highest BCUT2D eigenvalue weighted by Gasteiger charge is 2.43. The van der Waals surface area contributed by atoms with Crippen molar-refractivity contribution in [2.45, 2.75) is 68.9 Å². The number of amides is 1. The summed E-state index contributed by atoms with van der Waals surface area (Å²) in [6, 6.07) is 11.0. The van der Waals surface area contributed by atoms with Crippen LogP contribution in [0, 0.1) is 0 Å². The molecule has 3 heteroatoms. The van der Waals surface area contributed by atoms with Crippen molar-refractivity contribution in [2.75, 3.05) is 0 Å². The van der Waals surface area contributed by atoms with Crippen LogP contribution in [0.3, 0.4) is 0 Å². The molecule has 0 spiro atoms. The first-order valence-electron chi connectivity index (χ1n) is 8.33. The van der Waals surface area contributed by atoms with Crippen LogP contribution in [-0.2, 0) is 10.2 Å². The van der Waals surface area contributed by atoms with Gasteiger partial charge in [0.25, 0.3) is 0 Å². The fourth-order valence-corrected chi connectivity index (χ4v) is 3.97. The topological polar surface area (TPSA) is 55.1 Å². The minimum Gasteiger partial charge on any atom is -0.353 e. The summed E-state index contributed by atoms with van der Waals surface area (Å²) >= 11 is 0. The van der Waals surface area contributed by atoms with Gasteiger partial charge >= 0.3 is 0 Å². The molecule has 0 bridgehead atoms. The van der Waals surface area contributed by atoms with Crippen molar-refractivity contribution in [3.63, 3.8) is 0 Å². The summed E-state index contributed by atoms with van der Waals surface area (Å²) in [6.07, 6.45) is 8.38. The maximum Gasteiger partial charge on any atom is 0.230 e. The Labute approximate surface area is 127 Å². The Hall–Kier alpha value is -1.35. The number of hydrogen-bond acceptors (Lipinski definition) is 2. The summed E-state index contributed by atoms with van der Waals surface area (Å²) in [5.41, 5.74) is 6.85. The van der Waals surface area contributed by atoms with E-state index in [1.165, 1.54) is 5.56 Å². The lowest BCUT2D eigenvalue weighted by Gasteiger charge is -2.33. The Morgan fingerprint density at radius 1 is 1.05 bits per heavy atom. The Morgan fingerprint density at radius 3 is 2.29 bits per heavy atom. The molecule has 3 rings (SSSR count). The van der Waals surface area contributed by atoms with E-state index in [9.17, 15) is 4.79 Å². The molecule has 0 saturated heterocycles. The summed E-state index contributed by atoms with van der Waals surface area (Å²) in [4.78, 5) is 13.0. The number of carbonyl (C=O) groups is 1. The smallest absolute Gasteiger partial charge is 0.230 e. The van der Waals surface area contributed by atoms with E-state index >= 15 is 0 Å². The quantitative estimate of drug-likeness (QED) is 0.897. The molecule has 0 radical (unpaired) electrons. The zero-order valence-corrected chi connectivity index (χ0v) is 12.7. The molecule has 2 fully saturated rings. The van der Waals surface area contributed by atoms with Gasteiger partial charge in [0.05, 0.1) is 5.41 Å². The molecule has 21 heavy (non-hydrogen) atoms. The minimum absolute atomic E-state index is 0.242. The van der Waals surface area contributed by atoms with Gasteiger partial charge in [-0.15, -0.1) is 0 Å². The van der Waals surface area contributed by atoms with Crippen LogP contribution < -0.4 is 11.1 Å². The molecule has 3 nitrogen and oxygen atoms in total. The number of hydrogen-bond donors (Lipinski definition) is 2. The van der Waals surface area contributed by atoms with E-state index in [2.05, 4.69) is 17.4 Å². The molecule has 2 saturated carbocycles. The van der Waals surface area contributed by atoms with Crippen molar-refractivity contribution in [3.05, 3.63) is 35.9 Å². The summed E-state index contributed by atoms with van der Waals surface area (Å²) in [6.45, 7) is 0. The van der Waals surface area contributed by atoms with E-state index in [1.54, 1.807) is 0 Å². The lowest BCUT2D eigenvalue weighted by Crippen LogP contribution is -2.48. The number of benzene rings is 1. The highest BCUT2D eigenvalue weighted by Crippen LogP contribution is 2.41. The Morgan fingerprint density at radius 2 is 1.67 bits per heavy atom. The molecule has 0 aromatic heterocycles. The van der Waals surface area contributed by atoms with E-state index in [0.717, 1.165) is 51.4 Å². The largest absolute Gasteiger partial charge is 0.353 e. The normalized spacial score (nSPS) is 28.2. The molecule has 0 aliphatic heterocycles. The molecule has 0 unspecified atom stereocenters. The van der Waals surface area contributed by atoms with Gasteiger partial charge in [0.1, 0.15) is 0 Å². The van der Waals surface area contributed by atoms with Gasteiger partial charge < -0.3 is 11.1 Å². The fraction of sp³-hybridized carbons (Fsp3) is 0.611. The van der Waals surface area contributed by atoms with Crippen LogP contribution in [0.1, 0.15) is 56.9 Å². The second-order valence-electron chi connectivity index (χ2n) is 6.74. The molecular formula is C18H26N2O. The molecule has 2 aliphatic rings. The van der Waals surface area contributed by atoms with Crippen LogP contribution in [0.5, 0.6) is 0 Å². The standard InChI is InChI=1S/C18H26N2O/c19-15-8-10-16(11-9-15)20-17(21)18(12-4-5-13-18)14-6-2-1-3-7-14/h1-3,6-7,15-16H,4-5,8-13,19H2,(H,20,21). The van der Waals surface area contributed by atoms with E-state index in [-0.39, 0.29) is 11.3 Å². The zero-order valence-electron chi connectivity index (χ0n) is 12.7. The SMILES string of the molecule is NC1CCC(NC(=O)C2(c3ccccc3)CCCC2)CC1. The van der Waals surface area contributed by atoms with Crippen molar-refractivity contribution >= 4 is 5.91 Å². The molecule has 1 aromatic carbocycles. The first kappa shape index (κ1) is 14.6. The zero-order chi connectivity index (χ0) is 14.7. The van der Waals surface area contributed by atoms with Gasteiger partial charge in [0.2, 0.25) is 5.91 Å². The maximum atomic E-state index is 13.0. The predicted molar refractivity (Wildman–Crippen MR) is 85.0 cm³/mol. The Kier molecular flexibility index (Phi) is 4.29. The van der Waals surface area contributed by atoms with Crippen molar-refractivity contribution in [3.8, 4) is 0 Å². The second kappa shape index (κ2) is 6.18. The van der Waals surface area contributed by atoms with Gasteiger partial charge in [-0.05, 0) is 44.1 Å². The first-order chi connectivity index (χ1) is 10.2. The highest BCUT2D eigenvalue weighted by molar-refractivity contribution is 5.88. The van der Waals surface area contributed by atoms with Gasteiger partial charge in [0.15, 0.2) is 0 Å². The maximum absolute atomic E-state index is 13.0. The Balaban J connectivity index is 1.74. The van der Waals surface area contributed by atoms with Crippen LogP contribution in [0.15, 0.2) is 30.3 Å². The van der Waals surface area contributed by atoms with Gasteiger partial charge in [0, 0.05) is 12.1 Å². The molecular weight excluding hydrogens is 260 g/mol. The van der Waals surface area contributed by atoms with E-state index in [4.69, 9.17) is 5.73 Å². The van der Waals surface area contributed by atoms with Gasteiger partial charge in [-0.2, -0.15) is 0 Å². The first-order valence-corrected chi connectivity index (χ1v) is 8.33. The number of nitrogens with two attached hydrogens (primary N) is 1. The average Bonchev–Trinajstić information content (AvgIpc) is 3.01. The third-order valence-electron chi connectivity index (χ3n) is 5.33. The molecule has 0 atom stereocenters. The predicted octanol–water partition coefficient (Wildman–Crippen LogP) is 2.88. The Bertz CT molecular complexity index is 471. The molecule has 3 N–H and O–H groups in total. The highest BCUT2D eigenvalue weighted by atomic mass is 16.2. The lowest BCUT2D eigenvalue weighted by molar-refractivity contribution is -0.127. The van der Waals surface area contributed by atoms with Gasteiger partial charge in [-0.1, -0.05) is 43.2 Å². The minimum atomic E-state index is -0.291. The molecule has 0 heterocycles. The van der Waals surface area contributed by atoms with Crippen molar-refractivity contribution in [1.29, 1.82) is 0 Å². The number of carbonyl (C=O) groups excluding carboxylic acids is 1. The molecule has 1 amide bonds. The molecule has 114 valence electrons. The molecule has 1 aromatic rings. The van der Waals surface area contributed by atoms with Gasteiger partial charge in [-0.3, -0.25) is 4.79 Å². The molecule has 2 aliphatic carbocycles. The average molecular weight is 286 g/mol. The van der Waals surface area contributed by atoms with Crippen LogP contribution in [0.4, 0.5) is 0 Å². The van der Waals surface area contributed by atoms with Crippen LogP contribution in [0.25, 0.3) is 0 Å². The number of rotatable bonds is 3. The summed E-state index contributed by atoms with van der Waals surface area (Å²) in [5.74, 6) is 0.242. The lowest BCUT2D eigenvalue weighted by atomic mass is 9.77. The van der Waals surface area contributed by atoms with E-state index in [0.29, 0.717) is 12.1 Å². The summed E-state index contributed by atoms with van der Waals surface area (Å²) < 4.78 is 0. The van der Waals surface area contributed by atoms with Crippen molar-refractivity contribution < 1.29 is 4.79 Å². The summed E-state index contributed by atoms with van der Waals surface area (Å²) in [7, 11) is 0. The van der Waals surface area contributed by atoms with Crippen LogP contribution in [-0.4, -0.2) is 18.0 Å². The number of nitrogens with one attached hydrogen (secondary N) is 1. The monoisotopic (exact) mass is 286 g/mol. The fourth-order valence-electron chi connectivity index (χ4n) is 3.97. The summed E-state index contributed by atoms with van der Waals surface area (Å²) in [5, 5.41) is 3.33. The second-order valence-corrected chi connectivity index (χ2v) is 6.74.